The maximum Gasteiger partial charge on any atom is 0.269 e. The highest BCUT2D eigenvalue weighted by atomic mass is 32.2. The minimum Gasteiger partial charge on any atom is -0.297 e. The molecule has 0 unspecified atom stereocenters. The normalized spacial score (nSPS) is 11.8. The first kappa shape index (κ1) is 18.2. The third-order valence-corrected chi connectivity index (χ3v) is 7.98. The summed E-state index contributed by atoms with van der Waals surface area (Å²) in [5, 5.41) is 6.00. The van der Waals surface area contributed by atoms with Crippen LogP contribution in [0, 0.1) is 6.92 Å². The van der Waals surface area contributed by atoms with E-state index in [4.69, 9.17) is 0 Å². The molecule has 0 radical (unpaired) electrons. The highest BCUT2D eigenvalue weighted by Gasteiger charge is 2.18. The van der Waals surface area contributed by atoms with Gasteiger partial charge in [0.1, 0.15) is 9.88 Å². The molecule has 138 valence electrons. The van der Waals surface area contributed by atoms with Crippen LogP contribution in [0.2, 0.25) is 0 Å². The number of amides is 1. The first-order valence-electron chi connectivity index (χ1n) is 7.74. The quantitative estimate of drug-likeness (QED) is 0.512. The van der Waals surface area contributed by atoms with E-state index in [1.54, 1.807) is 30.4 Å². The molecule has 0 saturated heterocycles. The number of carbonyl (C=O) groups excluding carboxylic acids is 1. The van der Waals surface area contributed by atoms with E-state index in [0.717, 1.165) is 16.1 Å². The van der Waals surface area contributed by atoms with Crippen LogP contribution in [0.5, 0.6) is 0 Å². The van der Waals surface area contributed by atoms with Gasteiger partial charge in [-0.3, -0.25) is 10.1 Å². The van der Waals surface area contributed by atoms with E-state index in [-0.39, 0.29) is 10.8 Å². The number of thiazole rings is 2. The molecule has 0 fully saturated rings. The van der Waals surface area contributed by atoms with Gasteiger partial charge in [0.2, 0.25) is 0 Å². The molecule has 4 aromatic rings. The van der Waals surface area contributed by atoms with E-state index >= 15 is 0 Å². The van der Waals surface area contributed by atoms with Crippen LogP contribution in [-0.2, 0) is 9.84 Å². The number of hydrogen-bond donors (Lipinski definition) is 1. The second kappa shape index (κ2) is 6.79. The van der Waals surface area contributed by atoms with Gasteiger partial charge in [-0.15, -0.1) is 22.7 Å². The number of nitrogens with zero attached hydrogens (tertiary/aromatic N) is 2. The number of benzene rings is 1. The molecule has 3 heterocycles. The van der Waals surface area contributed by atoms with Crippen molar-refractivity contribution in [2.24, 2.45) is 0 Å². The zero-order valence-corrected chi connectivity index (χ0v) is 17.5. The van der Waals surface area contributed by atoms with Crippen LogP contribution < -0.4 is 5.32 Å². The number of anilines is 1. The molecule has 27 heavy (non-hydrogen) atoms. The Morgan fingerprint density at radius 1 is 1.15 bits per heavy atom. The SMILES string of the molecule is Cc1nc(-c2cccs2)sc1C(=O)Nc1nc2ccc(S(C)(=O)=O)cc2s1. The van der Waals surface area contributed by atoms with Crippen molar-refractivity contribution in [3.8, 4) is 9.88 Å². The third kappa shape index (κ3) is 3.65. The number of rotatable bonds is 4. The van der Waals surface area contributed by atoms with Crippen molar-refractivity contribution in [3.05, 3.63) is 46.3 Å². The summed E-state index contributed by atoms with van der Waals surface area (Å²) in [5.74, 6) is -0.268. The van der Waals surface area contributed by atoms with Crippen LogP contribution in [0.15, 0.2) is 40.6 Å². The van der Waals surface area contributed by atoms with Crippen LogP contribution in [0.4, 0.5) is 5.13 Å². The predicted molar refractivity (Wildman–Crippen MR) is 111 cm³/mol. The lowest BCUT2D eigenvalue weighted by molar-refractivity contribution is 0.103. The maximum absolute atomic E-state index is 12.7. The van der Waals surface area contributed by atoms with Gasteiger partial charge in [0.15, 0.2) is 15.0 Å². The summed E-state index contributed by atoms with van der Waals surface area (Å²) in [6.07, 6.45) is 1.16. The molecule has 0 saturated carbocycles. The van der Waals surface area contributed by atoms with Crippen LogP contribution >= 0.6 is 34.0 Å². The molecule has 10 heteroatoms. The average Bonchev–Trinajstić information content (AvgIpc) is 3.31. The third-order valence-electron chi connectivity index (χ3n) is 3.74. The highest BCUT2D eigenvalue weighted by molar-refractivity contribution is 7.90. The van der Waals surface area contributed by atoms with E-state index in [9.17, 15) is 13.2 Å². The molecule has 0 aliphatic heterocycles. The van der Waals surface area contributed by atoms with Gasteiger partial charge in [-0.05, 0) is 36.6 Å². The van der Waals surface area contributed by atoms with Gasteiger partial charge in [-0.1, -0.05) is 17.4 Å². The summed E-state index contributed by atoms with van der Waals surface area (Å²) in [5.41, 5.74) is 1.31. The Bertz CT molecular complexity index is 1250. The van der Waals surface area contributed by atoms with E-state index in [1.807, 2.05) is 17.5 Å². The zero-order chi connectivity index (χ0) is 19.2. The highest BCUT2D eigenvalue weighted by Crippen LogP contribution is 2.32. The Morgan fingerprint density at radius 3 is 2.67 bits per heavy atom. The Hall–Kier alpha value is -2.14. The number of carbonyl (C=O) groups is 1. The van der Waals surface area contributed by atoms with Crippen molar-refractivity contribution in [1.29, 1.82) is 0 Å². The second-order valence-electron chi connectivity index (χ2n) is 5.79. The van der Waals surface area contributed by atoms with Crippen molar-refractivity contribution in [3.63, 3.8) is 0 Å². The van der Waals surface area contributed by atoms with E-state index < -0.39 is 9.84 Å². The smallest absolute Gasteiger partial charge is 0.269 e. The number of aryl methyl sites for hydroxylation is 1. The minimum atomic E-state index is -3.29. The topological polar surface area (TPSA) is 89.0 Å². The molecule has 6 nitrogen and oxygen atoms in total. The van der Waals surface area contributed by atoms with Crippen molar-refractivity contribution in [2.45, 2.75) is 11.8 Å². The lowest BCUT2D eigenvalue weighted by atomic mass is 10.3. The maximum atomic E-state index is 12.7. The summed E-state index contributed by atoms with van der Waals surface area (Å²) in [4.78, 5) is 23.3. The van der Waals surface area contributed by atoms with Crippen LogP contribution in [0.1, 0.15) is 15.4 Å². The Morgan fingerprint density at radius 2 is 1.96 bits per heavy atom. The molecule has 1 aromatic carbocycles. The summed E-state index contributed by atoms with van der Waals surface area (Å²) in [7, 11) is -3.29. The molecule has 0 aliphatic carbocycles. The Balaban J connectivity index is 1.61. The lowest BCUT2D eigenvalue weighted by Gasteiger charge is -1.98. The fourth-order valence-electron chi connectivity index (χ4n) is 2.46. The Labute approximate surface area is 167 Å². The molecule has 0 aliphatic rings. The molecular weight excluding hydrogens is 422 g/mol. The molecular formula is C17H13N3O3S4. The average molecular weight is 436 g/mol. The molecule has 0 bridgehead atoms. The molecule has 1 amide bonds. The monoisotopic (exact) mass is 435 g/mol. The largest absolute Gasteiger partial charge is 0.297 e. The molecule has 0 atom stereocenters. The molecule has 0 spiro atoms. The van der Waals surface area contributed by atoms with Gasteiger partial charge < -0.3 is 0 Å². The molecule has 1 N–H and O–H groups in total. The first-order valence-corrected chi connectivity index (χ1v) is 12.1. The number of hydrogen-bond acceptors (Lipinski definition) is 8. The summed E-state index contributed by atoms with van der Waals surface area (Å²) < 4.78 is 24.1. The molecule has 3 aromatic heterocycles. The van der Waals surface area contributed by atoms with Crippen LogP contribution in [0.25, 0.3) is 20.1 Å². The van der Waals surface area contributed by atoms with Gasteiger partial charge in [0.25, 0.3) is 5.91 Å². The van der Waals surface area contributed by atoms with E-state index in [2.05, 4.69) is 15.3 Å². The number of fused-ring (bicyclic) bond motifs is 1. The fourth-order valence-corrected chi connectivity index (χ4v) is 5.84. The van der Waals surface area contributed by atoms with E-state index in [1.165, 1.54) is 28.7 Å². The van der Waals surface area contributed by atoms with Gasteiger partial charge in [-0.2, -0.15) is 0 Å². The summed E-state index contributed by atoms with van der Waals surface area (Å²) >= 11 is 4.16. The number of nitrogens with one attached hydrogen (secondary N) is 1. The standard InChI is InChI=1S/C17H13N3O3S4/c1-9-14(26-16(18-9)12-4-3-7-24-12)15(21)20-17-19-11-6-5-10(27(2,22)23)8-13(11)25-17/h3-8H,1-2H3,(H,19,20,21). The molecule has 4 rings (SSSR count). The zero-order valence-electron chi connectivity index (χ0n) is 14.2. The van der Waals surface area contributed by atoms with Crippen molar-refractivity contribution >= 4 is 65.1 Å². The van der Waals surface area contributed by atoms with Gasteiger partial charge in [0.05, 0.1) is 25.7 Å². The fraction of sp³-hybridized carbons (Fsp3) is 0.118. The Kier molecular flexibility index (Phi) is 4.58. The lowest BCUT2D eigenvalue weighted by Crippen LogP contribution is -2.11. The van der Waals surface area contributed by atoms with Crippen molar-refractivity contribution in [2.75, 3.05) is 11.6 Å². The summed E-state index contributed by atoms with van der Waals surface area (Å²) in [6.45, 7) is 1.80. The van der Waals surface area contributed by atoms with Gasteiger partial charge >= 0.3 is 0 Å². The van der Waals surface area contributed by atoms with Crippen molar-refractivity contribution < 1.29 is 13.2 Å². The minimum absolute atomic E-state index is 0.232. The van der Waals surface area contributed by atoms with Crippen LogP contribution in [-0.4, -0.2) is 30.5 Å². The number of thiophene rings is 1. The number of aromatic nitrogens is 2. The number of sulfone groups is 1. The van der Waals surface area contributed by atoms with Gasteiger partial charge in [-0.25, -0.2) is 18.4 Å². The summed E-state index contributed by atoms with van der Waals surface area (Å²) in [6, 6.07) is 8.65. The van der Waals surface area contributed by atoms with E-state index in [0.29, 0.717) is 25.9 Å². The predicted octanol–water partition coefficient (Wildman–Crippen LogP) is 4.45. The van der Waals surface area contributed by atoms with Crippen molar-refractivity contribution in [1.82, 2.24) is 9.97 Å². The second-order valence-corrected chi connectivity index (χ2v) is 10.8. The van der Waals surface area contributed by atoms with Gasteiger partial charge in [0, 0.05) is 6.26 Å². The first-order chi connectivity index (χ1) is 12.8. The van der Waals surface area contributed by atoms with Crippen LogP contribution in [0.3, 0.4) is 0 Å².